The van der Waals surface area contributed by atoms with Crippen molar-refractivity contribution < 1.29 is 0 Å². The van der Waals surface area contributed by atoms with Crippen LogP contribution in [0.15, 0.2) is 176 Å². The topological polar surface area (TPSA) is 4.93 Å². The van der Waals surface area contributed by atoms with Crippen LogP contribution in [-0.4, -0.2) is 4.57 Å². The van der Waals surface area contributed by atoms with Gasteiger partial charge in [-0.2, -0.15) is 0 Å². The summed E-state index contributed by atoms with van der Waals surface area (Å²) in [5.41, 5.74) is 13.7. The Bertz CT molecular complexity index is 2220. The van der Waals surface area contributed by atoms with Crippen molar-refractivity contribution in [3.8, 4) is 39.1 Å². The van der Waals surface area contributed by atoms with Crippen molar-refractivity contribution >= 4 is 21.8 Å². The molecule has 0 radical (unpaired) electrons. The Kier molecular flexibility index (Phi) is 6.62. The van der Waals surface area contributed by atoms with Crippen LogP contribution in [0.2, 0.25) is 0 Å². The minimum absolute atomic E-state index is 0.907. The first-order valence-electron chi connectivity index (χ1n) is 15.2. The van der Waals surface area contributed by atoms with E-state index in [1.807, 2.05) is 0 Å². The molecule has 0 fully saturated rings. The van der Waals surface area contributed by atoms with E-state index in [-0.39, 0.29) is 0 Å². The predicted octanol–water partition coefficient (Wildman–Crippen LogP) is 11.4. The van der Waals surface area contributed by atoms with E-state index in [4.69, 9.17) is 0 Å². The lowest BCUT2D eigenvalue weighted by atomic mass is 9.95. The van der Waals surface area contributed by atoms with Gasteiger partial charge < -0.3 is 4.57 Å². The number of para-hydroxylation sites is 2. The molecule has 1 nitrogen and oxygen atoms in total. The van der Waals surface area contributed by atoms with Gasteiger partial charge in [0.1, 0.15) is 0 Å². The van der Waals surface area contributed by atoms with Gasteiger partial charge in [0.05, 0.1) is 11.0 Å². The Morgan fingerprint density at radius 2 is 0.864 bits per heavy atom. The smallest absolute Gasteiger partial charge is 0.0541 e. The van der Waals surface area contributed by atoms with Gasteiger partial charge >= 0.3 is 0 Å². The molecule has 0 aliphatic heterocycles. The highest BCUT2D eigenvalue weighted by atomic mass is 15.0. The van der Waals surface area contributed by atoms with E-state index in [0.29, 0.717) is 0 Å². The molecule has 8 aromatic rings. The minimum atomic E-state index is 0.907. The molecule has 0 atom stereocenters. The van der Waals surface area contributed by atoms with Gasteiger partial charge in [0.25, 0.3) is 0 Å². The van der Waals surface area contributed by atoms with E-state index >= 15 is 0 Å². The quantitative estimate of drug-likeness (QED) is 0.190. The zero-order valence-corrected chi connectivity index (χ0v) is 24.4. The molecule has 208 valence electrons. The number of hydrogen-bond donors (Lipinski definition) is 0. The molecule has 0 saturated heterocycles. The molecule has 1 heterocycles. The minimum Gasteiger partial charge on any atom is -0.309 e. The number of benzene rings is 7. The highest BCUT2D eigenvalue weighted by molar-refractivity contribution is 6.10. The molecule has 1 heteroatoms. The van der Waals surface area contributed by atoms with Crippen molar-refractivity contribution in [1.82, 2.24) is 4.57 Å². The molecular formula is C43H31N. The molecule has 44 heavy (non-hydrogen) atoms. The monoisotopic (exact) mass is 561 g/mol. The van der Waals surface area contributed by atoms with Crippen molar-refractivity contribution in [3.05, 3.63) is 187 Å². The van der Waals surface area contributed by atoms with Crippen LogP contribution in [0.25, 0.3) is 60.9 Å². The third kappa shape index (κ3) is 4.89. The number of nitrogens with zero attached hydrogens (tertiary/aromatic N) is 1. The van der Waals surface area contributed by atoms with Crippen LogP contribution in [0, 0.1) is 0 Å². The molecule has 0 aliphatic carbocycles. The van der Waals surface area contributed by atoms with Crippen LogP contribution in [0.3, 0.4) is 0 Å². The normalized spacial score (nSPS) is 11.3. The summed E-state index contributed by atoms with van der Waals surface area (Å²) in [6.45, 7) is 0. The number of rotatable bonds is 6. The maximum Gasteiger partial charge on any atom is 0.0541 e. The van der Waals surface area contributed by atoms with E-state index in [2.05, 4.69) is 180 Å². The molecule has 0 bridgehead atoms. The van der Waals surface area contributed by atoms with Gasteiger partial charge in [-0.15, -0.1) is 0 Å². The van der Waals surface area contributed by atoms with Crippen LogP contribution < -0.4 is 0 Å². The van der Waals surface area contributed by atoms with E-state index in [9.17, 15) is 0 Å². The number of aromatic nitrogens is 1. The summed E-state index contributed by atoms with van der Waals surface area (Å²) in [4.78, 5) is 0. The van der Waals surface area contributed by atoms with Gasteiger partial charge in [-0.3, -0.25) is 0 Å². The third-order valence-corrected chi connectivity index (χ3v) is 8.61. The third-order valence-electron chi connectivity index (χ3n) is 8.61. The molecule has 0 aliphatic rings. The summed E-state index contributed by atoms with van der Waals surface area (Å²) in [5, 5.41) is 2.54. The Balaban J connectivity index is 1.11. The first-order valence-corrected chi connectivity index (χ1v) is 15.2. The van der Waals surface area contributed by atoms with Gasteiger partial charge in [-0.25, -0.2) is 0 Å². The maximum absolute atomic E-state index is 2.37. The lowest BCUT2D eigenvalue weighted by molar-refractivity contribution is 1.18. The van der Waals surface area contributed by atoms with E-state index < -0.39 is 0 Å². The Hall–Kier alpha value is -5.66. The van der Waals surface area contributed by atoms with Crippen LogP contribution in [0.5, 0.6) is 0 Å². The largest absolute Gasteiger partial charge is 0.309 e. The molecule has 7 aromatic carbocycles. The van der Waals surface area contributed by atoms with Crippen molar-refractivity contribution in [2.24, 2.45) is 0 Å². The van der Waals surface area contributed by atoms with Gasteiger partial charge in [0.2, 0.25) is 0 Å². The van der Waals surface area contributed by atoms with Gasteiger partial charge in [0, 0.05) is 16.5 Å². The first kappa shape index (κ1) is 26.0. The summed E-state index contributed by atoms with van der Waals surface area (Å²) in [7, 11) is 0. The van der Waals surface area contributed by atoms with Crippen LogP contribution >= 0.6 is 0 Å². The van der Waals surface area contributed by atoms with E-state index in [1.54, 1.807) is 0 Å². The van der Waals surface area contributed by atoms with E-state index in [0.717, 1.165) is 6.42 Å². The lowest BCUT2D eigenvalue weighted by Gasteiger charge is -2.10. The van der Waals surface area contributed by atoms with Crippen molar-refractivity contribution in [3.63, 3.8) is 0 Å². The zero-order valence-electron chi connectivity index (χ0n) is 24.4. The highest BCUT2D eigenvalue weighted by Crippen LogP contribution is 2.36. The summed E-state index contributed by atoms with van der Waals surface area (Å²) >= 11 is 0. The standard InChI is InChI=1S/C43H31N/c1-3-12-33(13-4-1)34-23-21-31(22-24-34)27-32-11-9-14-35(28-32)36-15-10-16-37(29-36)38-25-26-43-41(30-38)40-19-7-8-20-42(40)44(43)39-17-5-2-6-18-39/h1-26,28-30H,27H2. The van der Waals surface area contributed by atoms with Gasteiger partial charge in [-0.1, -0.05) is 140 Å². The lowest BCUT2D eigenvalue weighted by Crippen LogP contribution is -1.92. The predicted molar refractivity (Wildman–Crippen MR) is 186 cm³/mol. The Labute approximate surface area is 258 Å². The second-order valence-electron chi connectivity index (χ2n) is 11.4. The fraction of sp³-hybridized carbons (Fsp3) is 0.0233. The van der Waals surface area contributed by atoms with Crippen LogP contribution in [0.1, 0.15) is 11.1 Å². The van der Waals surface area contributed by atoms with Crippen LogP contribution in [-0.2, 0) is 6.42 Å². The first-order chi connectivity index (χ1) is 21.8. The fourth-order valence-electron chi connectivity index (χ4n) is 6.43. The molecule has 1 aromatic heterocycles. The number of fused-ring (bicyclic) bond motifs is 3. The molecule has 0 unspecified atom stereocenters. The zero-order chi connectivity index (χ0) is 29.3. The highest BCUT2D eigenvalue weighted by Gasteiger charge is 2.13. The number of hydrogen-bond acceptors (Lipinski definition) is 0. The SMILES string of the molecule is c1ccc(-c2ccc(Cc3cccc(-c4cccc(-c5ccc6c(c5)c5ccccc5n6-c5ccccc5)c4)c3)cc2)cc1. The second-order valence-corrected chi connectivity index (χ2v) is 11.4. The second kappa shape index (κ2) is 11.2. The summed E-state index contributed by atoms with van der Waals surface area (Å²) in [5.74, 6) is 0. The summed E-state index contributed by atoms with van der Waals surface area (Å²) in [6, 6.07) is 63.7. The average Bonchev–Trinajstić information content (AvgIpc) is 3.43. The molecule has 8 rings (SSSR count). The summed E-state index contributed by atoms with van der Waals surface area (Å²) in [6.07, 6.45) is 0.907. The Morgan fingerprint density at radius 1 is 0.318 bits per heavy atom. The van der Waals surface area contributed by atoms with Gasteiger partial charge in [-0.05, 0) is 87.3 Å². The maximum atomic E-state index is 2.37. The summed E-state index contributed by atoms with van der Waals surface area (Å²) < 4.78 is 2.37. The fourth-order valence-corrected chi connectivity index (χ4v) is 6.43. The van der Waals surface area contributed by atoms with E-state index in [1.165, 1.54) is 72.0 Å². The van der Waals surface area contributed by atoms with Crippen LogP contribution in [0.4, 0.5) is 0 Å². The molecule has 0 saturated carbocycles. The van der Waals surface area contributed by atoms with Crippen molar-refractivity contribution in [2.45, 2.75) is 6.42 Å². The average molecular weight is 562 g/mol. The Morgan fingerprint density at radius 3 is 1.64 bits per heavy atom. The molecule has 0 N–H and O–H groups in total. The van der Waals surface area contributed by atoms with Gasteiger partial charge in [0.15, 0.2) is 0 Å². The van der Waals surface area contributed by atoms with Crippen molar-refractivity contribution in [1.29, 1.82) is 0 Å². The molecule has 0 spiro atoms. The molecule has 0 amide bonds. The molecular weight excluding hydrogens is 530 g/mol. The van der Waals surface area contributed by atoms with Crippen molar-refractivity contribution in [2.75, 3.05) is 0 Å².